The van der Waals surface area contributed by atoms with Crippen LogP contribution in [0.3, 0.4) is 0 Å². The van der Waals surface area contributed by atoms with Gasteiger partial charge in [-0.15, -0.1) is 0 Å². The zero-order chi connectivity index (χ0) is 59.6. The van der Waals surface area contributed by atoms with Crippen molar-refractivity contribution >= 4 is 11.9 Å². The van der Waals surface area contributed by atoms with Gasteiger partial charge in [0, 0.05) is 6.42 Å². The average molecular weight is 1160 g/mol. The second-order valence-electron chi connectivity index (χ2n) is 24.2. The fourth-order valence-electron chi connectivity index (χ4n) is 11.0. The minimum atomic E-state index is -1.62. The van der Waals surface area contributed by atoms with E-state index in [2.05, 4.69) is 62.5 Å². The zero-order valence-electron chi connectivity index (χ0n) is 53.4. The third-order valence-corrected chi connectivity index (χ3v) is 16.5. The highest BCUT2D eigenvalue weighted by atomic mass is 16.7. The maximum Gasteiger partial charge on any atom is 0.306 e. The molecular formula is C71H131NO10. The number of esters is 1. The highest BCUT2D eigenvalue weighted by Crippen LogP contribution is 2.26. The van der Waals surface area contributed by atoms with Crippen LogP contribution in [-0.2, 0) is 23.8 Å². The van der Waals surface area contributed by atoms with Crippen molar-refractivity contribution < 1.29 is 49.3 Å². The molecule has 1 fully saturated rings. The molecule has 0 bridgehead atoms. The van der Waals surface area contributed by atoms with Crippen LogP contribution in [0, 0.1) is 0 Å². The fraction of sp³-hybridized carbons (Fsp3) is 0.859. The summed E-state index contributed by atoms with van der Waals surface area (Å²) < 4.78 is 17.7. The first-order valence-corrected chi connectivity index (χ1v) is 34.9. The van der Waals surface area contributed by atoms with Crippen LogP contribution < -0.4 is 5.32 Å². The van der Waals surface area contributed by atoms with E-state index in [0.29, 0.717) is 12.8 Å². The van der Waals surface area contributed by atoms with E-state index >= 15 is 0 Å². The van der Waals surface area contributed by atoms with Gasteiger partial charge in [-0.3, -0.25) is 9.59 Å². The first-order valence-electron chi connectivity index (χ1n) is 34.9. The normalized spacial score (nSPS) is 18.9. The predicted octanol–water partition coefficient (Wildman–Crippen LogP) is 17.6. The molecule has 1 saturated heterocycles. The van der Waals surface area contributed by atoms with E-state index in [4.69, 9.17) is 14.2 Å². The number of nitrogens with one attached hydrogen (secondary N) is 1. The molecule has 480 valence electrons. The van der Waals surface area contributed by atoms with E-state index in [9.17, 15) is 35.1 Å². The first kappa shape index (κ1) is 77.6. The van der Waals surface area contributed by atoms with E-state index in [0.717, 1.165) is 77.0 Å². The summed E-state index contributed by atoms with van der Waals surface area (Å²) >= 11 is 0. The summed E-state index contributed by atoms with van der Waals surface area (Å²) in [7, 11) is 0. The lowest BCUT2D eigenvalue weighted by Crippen LogP contribution is -2.61. The third-order valence-electron chi connectivity index (χ3n) is 16.5. The summed E-state index contributed by atoms with van der Waals surface area (Å²) in [6.07, 6.45) is 63.2. The molecule has 8 unspecified atom stereocenters. The number of carbonyl (C=O) groups is 2. The lowest BCUT2D eigenvalue weighted by Gasteiger charge is -2.41. The lowest BCUT2D eigenvalue weighted by atomic mass is 9.99. The fourth-order valence-corrected chi connectivity index (χ4v) is 11.0. The molecule has 11 nitrogen and oxygen atoms in total. The van der Waals surface area contributed by atoms with Gasteiger partial charge in [-0.1, -0.05) is 313 Å². The number of ether oxygens (including phenoxy) is 3. The molecule has 0 aliphatic carbocycles. The van der Waals surface area contributed by atoms with E-state index < -0.39 is 67.4 Å². The lowest BCUT2D eigenvalue weighted by molar-refractivity contribution is -0.305. The van der Waals surface area contributed by atoms with Gasteiger partial charge in [0.1, 0.15) is 24.4 Å². The van der Waals surface area contributed by atoms with Crippen molar-refractivity contribution in [3.05, 3.63) is 48.6 Å². The molecule has 1 amide bonds. The Hall–Kier alpha value is -2.38. The number of hydrogen-bond donors (Lipinski definition) is 6. The van der Waals surface area contributed by atoms with Crippen molar-refractivity contribution in [1.82, 2.24) is 5.32 Å². The average Bonchev–Trinajstić information content (AvgIpc) is 3.45. The molecule has 11 heteroatoms. The van der Waals surface area contributed by atoms with Crippen molar-refractivity contribution in [2.45, 2.75) is 378 Å². The Morgan fingerprint density at radius 2 is 0.878 bits per heavy atom. The molecule has 1 aliphatic heterocycles. The van der Waals surface area contributed by atoms with E-state index in [1.54, 1.807) is 6.08 Å². The van der Waals surface area contributed by atoms with E-state index in [-0.39, 0.29) is 19.4 Å². The summed E-state index contributed by atoms with van der Waals surface area (Å²) in [5.41, 5.74) is 0. The van der Waals surface area contributed by atoms with Gasteiger partial charge in [-0.05, 0) is 57.8 Å². The van der Waals surface area contributed by atoms with Gasteiger partial charge in [-0.2, -0.15) is 0 Å². The quantitative estimate of drug-likeness (QED) is 0.0195. The zero-order valence-corrected chi connectivity index (χ0v) is 53.4. The van der Waals surface area contributed by atoms with Crippen LogP contribution in [0.25, 0.3) is 0 Å². The molecule has 8 atom stereocenters. The molecular weight excluding hydrogens is 1030 g/mol. The van der Waals surface area contributed by atoms with Gasteiger partial charge in [0.2, 0.25) is 5.91 Å². The largest absolute Gasteiger partial charge is 0.454 e. The predicted molar refractivity (Wildman–Crippen MR) is 343 cm³/mol. The van der Waals surface area contributed by atoms with Crippen LogP contribution in [0.5, 0.6) is 0 Å². The summed E-state index contributed by atoms with van der Waals surface area (Å²) in [5, 5.41) is 57.1. The smallest absolute Gasteiger partial charge is 0.306 e. The molecule has 0 aromatic heterocycles. The molecule has 0 spiro atoms. The number of aliphatic hydroxyl groups is 5. The van der Waals surface area contributed by atoms with Crippen LogP contribution in [0.1, 0.15) is 329 Å². The van der Waals surface area contributed by atoms with Crippen molar-refractivity contribution in [2.75, 3.05) is 13.2 Å². The molecule has 1 rings (SSSR count). The molecule has 0 aromatic rings. The van der Waals surface area contributed by atoms with Gasteiger partial charge >= 0.3 is 5.97 Å². The van der Waals surface area contributed by atoms with Crippen LogP contribution in [-0.4, -0.2) is 99.6 Å². The summed E-state index contributed by atoms with van der Waals surface area (Å²) in [6.45, 7) is 5.70. The van der Waals surface area contributed by atoms with Gasteiger partial charge in [0.05, 0.1) is 25.4 Å². The van der Waals surface area contributed by atoms with E-state index in [1.165, 1.54) is 205 Å². The Morgan fingerprint density at radius 3 is 1.32 bits per heavy atom. The maximum absolute atomic E-state index is 13.4. The molecule has 82 heavy (non-hydrogen) atoms. The maximum atomic E-state index is 13.4. The first-order chi connectivity index (χ1) is 40.2. The van der Waals surface area contributed by atoms with Crippen LogP contribution in [0.4, 0.5) is 0 Å². The number of carbonyl (C=O) groups excluding carboxylic acids is 2. The Balaban J connectivity index is 2.53. The van der Waals surface area contributed by atoms with Gasteiger partial charge in [0.25, 0.3) is 0 Å². The van der Waals surface area contributed by atoms with Gasteiger partial charge < -0.3 is 45.1 Å². The van der Waals surface area contributed by atoms with Crippen LogP contribution in [0.2, 0.25) is 0 Å². The Bertz CT molecular complexity index is 1520. The molecule has 1 aliphatic rings. The molecule has 6 N–H and O–H groups in total. The number of allylic oxidation sites excluding steroid dienone is 7. The van der Waals surface area contributed by atoms with E-state index in [1.807, 2.05) is 6.08 Å². The molecule has 0 saturated carbocycles. The number of hydrogen-bond acceptors (Lipinski definition) is 10. The summed E-state index contributed by atoms with van der Waals surface area (Å²) in [4.78, 5) is 26.6. The van der Waals surface area contributed by atoms with Gasteiger partial charge in [0.15, 0.2) is 12.4 Å². The summed E-state index contributed by atoms with van der Waals surface area (Å²) in [6, 6.07) is -1.03. The third kappa shape index (κ3) is 45.9. The number of aliphatic hydroxyl groups excluding tert-OH is 5. The van der Waals surface area contributed by atoms with Gasteiger partial charge in [-0.25, -0.2) is 0 Å². The Morgan fingerprint density at radius 1 is 0.488 bits per heavy atom. The van der Waals surface area contributed by atoms with Crippen molar-refractivity contribution in [3.8, 4) is 0 Å². The van der Waals surface area contributed by atoms with Crippen LogP contribution in [0.15, 0.2) is 48.6 Å². The molecule has 0 aromatic carbocycles. The standard InChI is InChI=1S/C71H131NO10/c1-4-7-10-13-16-19-22-25-26-27-28-29-30-31-32-33-34-35-36-37-38-41-44-47-50-53-56-59-66(76)82-69-68(78)67(77)65(60-73)81-71(69)80-61-62(63(74)57-54-51-48-45-42-39-23-20-17-14-11-8-5-2)72-70(79)64(75)58-55-52-49-46-43-40-24-21-18-15-12-9-6-3/h9,12,18,21,40,43,54,57,62-65,67-69,71,73-75,77-78H,4-8,10-11,13-17,19-20,22-39,41-42,44-53,55-56,58-61H2,1-3H3,(H,72,79)/b12-9+,21-18+,43-40+,57-54+. The SMILES string of the molecule is CC/C=C/C/C=C/C/C=C/CCCCCC(O)C(=O)NC(COC1OC(CO)C(O)C(O)C1OC(=O)CCCCCCCCCCCCCCCCCCCCCCCCCCCCC)C(O)/C=C/CCCCCCCCCCCCC. The Kier molecular flexibility index (Phi) is 55.8. The number of rotatable bonds is 60. The minimum absolute atomic E-state index is 0.125. The minimum Gasteiger partial charge on any atom is -0.454 e. The topological polar surface area (TPSA) is 175 Å². The second-order valence-corrected chi connectivity index (χ2v) is 24.2. The van der Waals surface area contributed by atoms with Crippen molar-refractivity contribution in [1.29, 1.82) is 0 Å². The highest BCUT2D eigenvalue weighted by Gasteiger charge is 2.47. The molecule has 1 heterocycles. The highest BCUT2D eigenvalue weighted by molar-refractivity contribution is 5.80. The number of amides is 1. The second kappa shape index (κ2) is 59.0. The number of unbranched alkanes of at least 4 members (excludes halogenated alkanes) is 40. The Labute approximate surface area is 504 Å². The summed E-state index contributed by atoms with van der Waals surface area (Å²) in [5.74, 6) is -1.21. The van der Waals surface area contributed by atoms with Crippen LogP contribution >= 0.6 is 0 Å². The van der Waals surface area contributed by atoms with Crippen molar-refractivity contribution in [3.63, 3.8) is 0 Å². The molecule has 0 radical (unpaired) electrons. The monoisotopic (exact) mass is 1160 g/mol. The van der Waals surface area contributed by atoms with Crippen molar-refractivity contribution in [2.24, 2.45) is 0 Å².